The van der Waals surface area contributed by atoms with Gasteiger partial charge in [-0.1, -0.05) is 5.57 Å². The van der Waals surface area contributed by atoms with Gasteiger partial charge in [-0.2, -0.15) is 0 Å². The quantitative estimate of drug-likeness (QED) is 0.311. The Morgan fingerprint density at radius 1 is 1.67 bits per heavy atom. The van der Waals surface area contributed by atoms with Crippen molar-refractivity contribution in [3.8, 4) is 0 Å². The van der Waals surface area contributed by atoms with Gasteiger partial charge in [-0.3, -0.25) is 0 Å². The number of unbranched alkanes of at least 4 members (excludes halogenated alkanes) is 1. The minimum atomic E-state index is 1.09. The molecule has 0 aromatic rings. The molecule has 1 nitrogen and oxygen atoms in total. The monoisotopic (exact) mass is 125 g/mol. The summed E-state index contributed by atoms with van der Waals surface area (Å²) in [5, 5.41) is 0. The van der Waals surface area contributed by atoms with Gasteiger partial charge in [0, 0.05) is 7.05 Å². The second-order valence-corrected chi connectivity index (χ2v) is 2.29. The highest BCUT2D eigenvalue weighted by atomic mass is 14.6. The van der Waals surface area contributed by atoms with E-state index < -0.39 is 0 Å². The molecule has 0 N–H and O–H groups in total. The minimum absolute atomic E-state index is 1.09. The van der Waals surface area contributed by atoms with Gasteiger partial charge in [0.1, 0.15) is 0 Å². The molecule has 0 spiro atoms. The third-order valence-corrected chi connectivity index (χ3v) is 1.12. The summed E-state index contributed by atoms with van der Waals surface area (Å²) in [7, 11) is 1.81. The Morgan fingerprint density at radius 3 is 2.78 bits per heavy atom. The van der Waals surface area contributed by atoms with Gasteiger partial charge in [0.05, 0.1) is 0 Å². The van der Waals surface area contributed by atoms with Gasteiger partial charge in [-0.05, 0) is 32.4 Å². The Balaban J connectivity index is 3.01. The Labute approximate surface area is 57.5 Å². The van der Waals surface area contributed by atoms with Gasteiger partial charge in [-0.15, -0.1) is 6.58 Å². The molecular weight excluding hydrogens is 110 g/mol. The molecule has 0 saturated carbocycles. The molecule has 0 heterocycles. The van der Waals surface area contributed by atoms with E-state index in [1.54, 1.807) is 7.05 Å². The van der Waals surface area contributed by atoms with Gasteiger partial charge in [-0.25, -0.2) is 0 Å². The Morgan fingerprint density at radius 2 is 2.33 bits per heavy atom. The van der Waals surface area contributed by atoms with Crippen LogP contribution in [0.25, 0.3) is 0 Å². The van der Waals surface area contributed by atoms with Gasteiger partial charge in [0.15, 0.2) is 0 Å². The van der Waals surface area contributed by atoms with Crippen LogP contribution in [0.4, 0.5) is 0 Å². The summed E-state index contributed by atoms with van der Waals surface area (Å²) < 4.78 is 0. The third kappa shape index (κ3) is 7.41. The van der Waals surface area contributed by atoms with Crippen LogP contribution in [0, 0.1) is 0 Å². The Bertz CT molecular complexity index is 103. The SMILES string of the molecule is C=C(C)CCCC=NC. The average Bonchev–Trinajstić information content (AvgIpc) is 1.80. The fourth-order valence-corrected chi connectivity index (χ4v) is 0.624. The smallest absolute Gasteiger partial charge is 0.0273 e. The average molecular weight is 125 g/mol. The number of allylic oxidation sites excluding steroid dienone is 1. The van der Waals surface area contributed by atoms with Crippen LogP contribution in [0.1, 0.15) is 26.2 Å². The molecular formula is C8H15N. The summed E-state index contributed by atoms with van der Waals surface area (Å²) >= 11 is 0. The van der Waals surface area contributed by atoms with Crippen LogP contribution in [0.15, 0.2) is 17.1 Å². The van der Waals surface area contributed by atoms with Crippen LogP contribution in [0.5, 0.6) is 0 Å². The van der Waals surface area contributed by atoms with Gasteiger partial charge < -0.3 is 4.99 Å². The van der Waals surface area contributed by atoms with Crippen molar-refractivity contribution in [3.63, 3.8) is 0 Å². The molecule has 9 heavy (non-hydrogen) atoms. The number of hydrogen-bond donors (Lipinski definition) is 0. The van der Waals surface area contributed by atoms with Crippen molar-refractivity contribution in [2.75, 3.05) is 7.05 Å². The molecule has 0 aliphatic rings. The first-order valence-electron chi connectivity index (χ1n) is 3.32. The van der Waals surface area contributed by atoms with Crippen LogP contribution < -0.4 is 0 Å². The van der Waals surface area contributed by atoms with E-state index >= 15 is 0 Å². The molecule has 0 rings (SSSR count). The molecule has 0 aromatic heterocycles. The first-order chi connectivity index (χ1) is 4.27. The Kier molecular flexibility index (Phi) is 5.18. The van der Waals surface area contributed by atoms with Crippen molar-refractivity contribution in [1.82, 2.24) is 0 Å². The predicted octanol–water partition coefficient (Wildman–Crippen LogP) is 2.43. The van der Waals surface area contributed by atoms with E-state index in [0.29, 0.717) is 0 Å². The summed E-state index contributed by atoms with van der Waals surface area (Å²) in [6.45, 7) is 5.87. The fourth-order valence-electron chi connectivity index (χ4n) is 0.624. The lowest BCUT2D eigenvalue weighted by atomic mass is 10.1. The lowest BCUT2D eigenvalue weighted by Crippen LogP contribution is -1.78. The molecule has 0 atom stereocenters. The highest BCUT2D eigenvalue weighted by Crippen LogP contribution is 2.01. The molecule has 0 bridgehead atoms. The number of nitrogens with zero attached hydrogens (tertiary/aromatic N) is 1. The number of rotatable bonds is 4. The van der Waals surface area contributed by atoms with Crippen LogP contribution in [-0.2, 0) is 0 Å². The van der Waals surface area contributed by atoms with Gasteiger partial charge >= 0.3 is 0 Å². The van der Waals surface area contributed by atoms with E-state index in [2.05, 4.69) is 18.5 Å². The highest BCUT2D eigenvalue weighted by molar-refractivity contribution is 5.56. The maximum absolute atomic E-state index is 3.88. The molecule has 0 aliphatic heterocycles. The molecule has 52 valence electrons. The van der Waals surface area contributed by atoms with E-state index in [4.69, 9.17) is 0 Å². The normalized spacial score (nSPS) is 10.4. The van der Waals surface area contributed by atoms with Gasteiger partial charge in [0.2, 0.25) is 0 Å². The van der Waals surface area contributed by atoms with E-state index in [9.17, 15) is 0 Å². The summed E-state index contributed by atoms with van der Waals surface area (Å²) in [6.07, 6.45) is 5.35. The molecule has 0 fully saturated rings. The molecule has 0 aliphatic carbocycles. The number of hydrogen-bond acceptors (Lipinski definition) is 1. The van der Waals surface area contributed by atoms with Crippen LogP contribution >= 0.6 is 0 Å². The standard InChI is InChI=1S/C8H15N/c1-8(2)6-4-5-7-9-3/h7H,1,4-6H2,2-3H3. The second-order valence-electron chi connectivity index (χ2n) is 2.29. The number of aliphatic imine (C=N–C) groups is 1. The summed E-state index contributed by atoms with van der Waals surface area (Å²) in [5.74, 6) is 0. The topological polar surface area (TPSA) is 12.4 Å². The second kappa shape index (κ2) is 5.54. The first-order valence-corrected chi connectivity index (χ1v) is 3.32. The van der Waals surface area contributed by atoms with E-state index in [0.717, 1.165) is 12.8 Å². The van der Waals surface area contributed by atoms with Crippen LogP contribution in [0.3, 0.4) is 0 Å². The van der Waals surface area contributed by atoms with Crippen molar-refractivity contribution in [2.45, 2.75) is 26.2 Å². The van der Waals surface area contributed by atoms with Crippen molar-refractivity contribution >= 4 is 6.21 Å². The fraction of sp³-hybridized carbons (Fsp3) is 0.625. The zero-order valence-corrected chi connectivity index (χ0v) is 6.35. The lowest BCUT2D eigenvalue weighted by molar-refractivity contribution is 0.864. The minimum Gasteiger partial charge on any atom is -0.301 e. The zero-order chi connectivity index (χ0) is 7.11. The first kappa shape index (κ1) is 8.41. The van der Waals surface area contributed by atoms with Crippen molar-refractivity contribution in [2.24, 2.45) is 4.99 Å². The van der Waals surface area contributed by atoms with E-state index in [-0.39, 0.29) is 0 Å². The summed E-state index contributed by atoms with van der Waals surface area (Å²) in [6, 6.07) is 0. The van der Waals surface area contributed by atoms with Crippen molar-refractivity contribution < 1.29 is 0 Å². The summed E-state index contributed by atoms with van der Waals surface area (Å²) in [4.78, 5) is 3.88. The van der Waals surface area contributed by atoms with E-state index in [1.165, 1.54) is 12.0 Å². The highest BCUT2D eigenvalue weighted by Gasteiger charge is 1.83. The van der Waals surface area contributed by atoms with Crippen LogP contribution in [-0.4, -0.2) is 13.3 Å². The molecule has 1 heteroatoms. The van der Waals surface area contributed by atoms with Crippen LogP contribution in [0.2, 0.25) is 0 Å². The third-order valence-electron chi connectivity index (χ3n) is 1.12. The zero-order valence-electron chi connectivity index (χ0n) is 6.35. The Hall–Kier alpha value is -0.590. The molecule has 0 aromatic carbocycles. The maximum Gasteiger partial charge on any atom is 0.0273 e. The van der Waals surface area contributed by atoms with Gasteiger partial charge in [0.25, 0.3) is 0 Å². The molecule has 0 radical (unpaired) electrons. The van der Waals surface area contributed by atoms with E-state index in [1.807, 2.05) is 6.21 Å². The lowest BCUT2D eigenvalue weighted by Gasteiger charge is -1.93. The maximum atomic E-state index is 3.88. The van der Waals surface area contributed by atoms with Crippen molar-refractivity contribution in [1.29, 1.82) is 0 Å². The van der Waals surface area contributed by atoms with Crippen molar-refractivity contribution in [3.05, 3.63) is 12.2 Å². The molecule has 0 amide bonds. The summed E-state index contributed by atoms with van der Waals surface area (Å²) in [5.41, 5.74) is 1.26. The molecule has 0 unspecified atom stereocenters. The molecule has 0 saturated heterocycles. The largest absolute Gasteiger partial charge is 0.301 e. The predicted molar refractivity (Wildman–Crippen MR) is 43.1 cm³/mol.